The SMILES string of the molecule is CC(=O)C1=C(C)N(Cc2cccc(-c3ccncc3)c2)C(C2CC2)=C(C(=O)O)C1c1csc2ncccc12. The zero-order valence-electron chi connectivity index (χ0n) is 21.2. The van der Waals surface area contributed by atoms with Gasteiger partial charge in [0.1, 0.15) is 4.83 Å². The number of carbonyl (C=O) groups excluding carboxylic acids is 1. The van der Waals surface area contributed by atoms with Crippen molar-refractivity contribution in [2.45, 2.75) is 39.2 Å². The Hall–Kier alpha value is -4.10. The summed E-state index contributed by atoms with van der Waals surface area (Å²) in [6.07, 6.45) is 7.18. The van der Waals surface area contributed by atoms with E-state index in [9.17, 15) is 14.7 Å². The highest BCUT2D eigenvalue weighted by molar-refractivity contribution is 7.16. The molecule has 6 rings (SSSR count). The van der Waals surface area contributed by atoms with Crippen LogP contribution < -0.4 is 0 Å². The first-order valence-electron chi connectivity index (χ1n) is 12.7. The molecule has 1 unspecified atom stereocenters. The lowest BCUT2D eigenvalue weighted by Crippen LogP contribution is -2.35. The maximum atomic E-state index is 13.2. The van der Waals surface area contributed by atoms with Crippen LogP contribution in [0.15, 0.2) is 95.0 Å². The first kappa shape index (κ1) is 24.2. The molecule has 1 aliphatic carbocycles. The van der Waals surface area contributed by atoms with Gasteiger partial charge >= 0.3 is 5.97 Å². The predicted octanol–water partition coefficient (Wildman–Crippen LogP) is 6.57. The van der Waals surface area contributed by atoms with Gasteiger partial charge in [0.2, 0.25) is 0 Å². The summed E-state index contributed by atoms with van der Waals surface area (Å²) in [5.74, 6) is -1.54. The Bertz CT molecular complexity index is 1630. The Balaban J connectivity index is 1.51. The number of ketones is 1. The Labute approximate surface area is 225 Å². The van der Waals surface area contributed by atoms with Crippen molar-refractivity contribution in [1.29, 1.82) is 0 Å². The molecule has 190 valence electrons. The molecule has 1 aromatic carbocycles. The van der Waals surface area contributed by atoms with Crippen LogP contribution in [0.2, 0.25) is 0 Å². The summed E-state index contributed by atoms with van der Waals surface area (Å²) in [5.41, 5.74) is 6.55. The predicted molar refractivity (Wildman–Crippen MR) is 148 cm³/mol. The third kappa shape index (κ3) is 4.23. The van der Waals surface area contributed by atoms with Crippen LogP contribution in [0, 0.1) is 5.92 Å². The topological polar surface area (TPSA) is 83.4 Å². The van der Waals surface area contributed by atoms with Crippen molar-refractivity contribution in [1.82, 2.24) is 14.9 Å². The molecule has 3 aromatic heterocycles. The van der Waals surface area contributed by atoms with Gasteiger partial charge in [0.25, 0.3) is 0 Å². The normalized spacial score (nSPS) is 17.8. The lowest BCUT2D eigenvalue weighted by atomic mass is 9.77. The number of aromatic nitrogens is 2. The van der Waals surface area contributed by atoms with Crippen LogP contribution in [0.25, 0.3) is 21.3 Å². The fourth-order valence-corrected chi connectivity index (χ4v) is 6.60. The average Bonchev–Trinajstić information content (AvgIpc) is 3.68. The number of nitrogens with zero attached hydrogens (tertiary/aromatic N) is 3. The summed E-state index contributed by atoms with van der Waals surface area (Å²) in [6, 6.07) is 16.0. The van der Waals surface area contributed by atoms with Crippen LogP contribution in [-0.4, -0.2) is 31.7 Å². The molecular weight excluding hydrogens is 494 g/mol. The number of hydrogen-bond donors (Lipinski definition) is 1. The van der Waals surface area contributed by atoms with E-state index in [-0.39, 0.29) is 11.7 Å². The molecule has 0 spiro atoms. The minimum absolute atomic E-state index is 0.111. The van der Waals surface area contributed by atoms with Crippen LogP contribution in [0.4, 0.5) is 0 Å². The van der Waals surface area contributed by atoms with Crippen LogP contribution in [0.1, 0.15) is 43.7 Å². The molecule has 1 fully saturated rings. The van der Waals surface area contributed by atoms with E-state index in [4.69, 9.17) is 0 Å². The molecule has 4 heterocycles. The summed E-state index contributed by atoms with van der Waals surface area (Å²) in [4.78, 5) is 37.8. The number of thiophene rings is 1. The van der Waals surface area contributed by atoms with Gasteiger partial charge in [-0.25, -0.2) is 9.78 Å². The van der Waals surface area contributed by atoms with Crippen LogP contribution in [0.5, 0.6) is 0 Å². The van der Waals surface area contributed by atoms with Crippen molar-refractivity contribution in [3.63, 3.8) is 0 Å². The molecule has 0 amide bonds. The first-order chi connectivity index (χ1) is 18.4. The maximum absolute atomic E-state index is 13.2. The molecule has 38 heavy (non-hydrogen) atoms. The number of fused-ring (bicyclic) bond motifs is 1. The van der Waals surface area contributed by atoms with Gasteiger partial charge in [0.05, 0.1) is 5.57 Å². The van der Waals surface area contributed by atoms with E-state index in [0.717, 1.165) is 56.7 Å². The second kappa shape index (κ2) is 9.65. The van der Waals surface area contributed by atoms with E-state index in [2.05, 4.69) is 33.1 Å². The number of carbonyl (C=O) groups is 2. The summed E-state index contributed by atoms with van der Waals surface area (Å²) in [6.45, 7) is 4.00. The van der Waals surface area contributed by atoms with E-state index < -0.39 is 11.9 Å². The largest absolute Gasteiger partial charge is 0.478 e. The monoisotopic (exact) mass is 521 g/mol. The maximum Gasteiger partial charge on any atom is 0.334 e. The van der Waals surface area contributed by atoms with Gasteiger partial charge in [-0.1, -0.05) is 24.3 Å². The minimum atomic E-state index is -0.970. The standard InChI is InChI=1S/C31H27N3O3S/c1-18-26(19(2)35)27(25-17-38-30-24(25)7-4-12-33-30)28(31(36)37)29(22-8-9-22)34(18)16-20-5-3-6-23(15-20)21-10-13-32-14-11-21/h3-7,10-15,17,22,27H,8-9,16H2,1-2H3,(H,36,37). The van der Waals surface area contributed by atoms with Crippen molar-refractivity contribution in [3.05, 3.63) is 106 Å². The molecule has 1 saturated carbocycles. The molecule has 1 aliphatic heterocycles. The second-order valence-corrected chi connectivity index (χ2v) is 10.8. The quantitative estimate of drug-likeness (QED) is 0.296. The molecule has 2 aliphatic rings. The van der Waals surface area contributed by atoms with Gasteiger partial charge in [-0.2, -0.15) is 0 Å². The number of carboxylic acids is 1. The number of aliphatic carboxylic acids is 1. The molecular formula is C31H27N3O3S. The van der Waals surface area contributed by atoms with Gasteiger partial charge < -0.3 is 10.0 Å². The van der Waals surface area contributed by atoms with E-state index in [1.807, 2.05) is 42.6 Å². The van der Waals surface area contributed by atoms with E-state index in [1.165, 1.54) is 11.3 Å². The minimum Gasteiger partial charge on any atom is -0.478 e. The van der Waals surface area contributed by atoms with E-state index >= 15 is 0 Å². The third-order valence-corrected chi connectivity index (χ3v) is 8.40. The van der Waals surface area contributed by atoms with Crippen molar-refractivity contribution in [2.75, 3.05) is 0 Å². The van der Waals surface area contributed by atoms with Gasteiger partial charge in [-0.15, -0.1) is 11.3 Å². The summed E-state index contributed by atoms with van der Waals surface area (Å²) >= 11 is 1.49. The van der Waals surface area contributed by atoms with Crippen LogP contribution in [0.3, 0.4) is 0 Å². The van der Waals surface area contributed by atoms with Crippen molar-refractivity contribution in [3.8, 4) is 11.1 Å². The number of benzene rings is 1. The Morgan fingerprint density at radius 3 is 2.53 bits per heavy atom. The summed E-state index contributed by atoms with van der Waals surface area (Å²) in [5, 5.41) is 13.5. The fourth-order valence-electron chi connectivity index (χ4n) is 5.66. The molecule has 7 heteroatoms. The van der Waals surface area contributed by atoms with Crippen molar-refractivity contribution < 1.29 is 14.7 Å². The van der Waals surface area contributed by atoms with Crippen molar-refractivity contribution >= 4 is 33.3 Å². The highest BCUT2D eigenvalue weighted by Crippen LogP contribution is 2.51. The zero-order chi connectivity index (χ0) is 26.4. The fraction of sp³-hybridized carbons (Fsp3) is 0.226. The van der Waals surface area contributed by atoms with Gasteiger partial charge in [0.15, 0.2) is 5.78 Å². The number of Topliss-reactive ketones (excluding diaryl/α,β-unsaturated/α-hetero) is 1. The van der Waals surface area contributed by atoms with Gasteiger partial charge in [-0.3, -0.25) is 9.78 Å². The molecule has 0 bridgehead atoms. The lowest BCUT2D eigenvalue weighted by Gasteiger charge is -2.39. The van der Waals surface area contributed by atoms with Gasteiger partial charge in [-0.05, 0) is 84.5 Å². The first-order valence-corrected chi connectivity index (χ1v) is 13.6. The van der Waals surface area contributed by atoms with Crippen molar-refractivity contribution in [2.24, 2.45) is 5.92 Å². The third-order valence-electron chi connectivity index (χ3n) is 7.48. The number of allylic oxidation sites excluding steroid dienone is 3. The Kier molecular flexibility index (Phi) is 6.16. The molecule has 1 N–H and O–H groups in total. The summed E-state index contributed by atoms with van der Waals surface area (Å²) in [7, 11) is 0. The van der Waals surface area contributed by atoms with Crippen LogP contribution in [-0.2, 0) is 16.1 Å². The van der Waals surface area contributed by atoms with Gasteiger partial charge in [0, 0.05) is 53.4 Å². The molecule has 0 saturated heterocycles. The molecule has 1 atom stereocenters. The highest BCUT2D eigenvalue weighted by Gasteiger charge is 2.44. The lowest BCUT2D eigenvalue weighted by molar-refractivity contribution is -0.133. The van der Waals surface area contributed by atoms with E-state index in [0.29, 0.717) is 17.7 Å². The number of hydrogen-bond acceptors (Lipinski definition) is 6. The zero-order valence-corrected chi connectivity index (χ0v) is 22.0. The van der Waals surface area contributed by atoms with E-state index in [1.54, 1.807) is 25.5 Å². The number of rotatable bonds is 7. The number of pyridine rings is 2. The smallest absolute Gasteiger partial charge is 0.334 e. The second-order valence-electron chi connectivity index (χ2n) is 9.94. The molecule has 0 radical (unpaired) electrons. The Morgan fingerprint density at radius 2 is 1.82 bits per heavy atom. The number of carboxylic acid groups (broad SMARTS) is 1. The average molecular weight is 522 g/mol. The van der Waals surface area contributed by atoms with Crippen LogP contribution >= 0.6 is 11.3 Å². The summed E-state index contributed by atoms with van der Waals surface area (Å²) < 4.78 is 0. The Morgan fingerprint density at radius 1 is 1.03 bits per heavy atom. The highest BCUT2D eigenvalue weighted by atomic mass is 32.1. The molecule has 4 aromatic rings. The molecule has 6 nitrogen and oxygen atoms in total.